The summed E-state index contributed by atoms with van der Waals surface area (Å²) in [4.78, 5) is 27.3. The maximum atomic E-state index is 13.1. The maximum Gasteiger partial charge on any atom is 0.250 e. The number of benzene rings is 1. The van der Waals surface area contributed by atoms with E-state index in [1.165, 1.54) is 5.56 Å². The number of carbonyl (C=O) groups is 1. The van der Waals surface area contributed by atoms with E-state index in [4.69, 9.17) is 0 Å². The van der Waals surface area contributed by atoms with Gasteiger partial charge in [0.1, 0.15) is 6.04 Å². The number of hydrogen-bond acceptors (Lipinski definition) is 4. The molecule has 0 radical (unpaired) electrons. The summed E-state index contributed by atoms with van der Waals surface area (Å²) in [6.45, 7) is 2.16. The number of pyridine rings is 1. The highest BCUT2D eigenvalue weighted by atomic mass is 16.2. The molecule has 0 saturated carbocycles. The van der Waals surface area contributed by atoms with Crippen LogP contribution in [0.2, 0.25) is 0 Å². The third-order valence-corrected chi connectivity index (χ3v) is 6.19. The lowest BCUT2D eigenvalue weighted by atomic mass is 9.83. The van der Waals surface area contributed by atoms with Gasteiger partial charge >= 0.3 is 0 Å². The first-order chi connectivity index (χ1) is 13.2. The lowest BCUT2D eigenvalue weighted by Gasteiger charge is -2.43. The maximum absolute atomic E-state index is 13.1. The molecule has 0 spiro atoms. The number of hydrogen-bond donors (Lipinski definition) is 2. The molecule has 2 unspecified atom stereocenters. The van der Waals surface area contributed by atoms with Crippen LogP contribution in [0.5, 0.6) is 0 Å². The second-order valence-electron chi connectivity index (χ2n) is 7.98. The molecule has 2 aromatic rings. The van der Waals surface area contributed by atoms with Crippen LogP contribution in [0.4, 0.5) is 0 Å². The molecule has 3 aliphatic heterocycles. The Morgan fingerprint density at radius 2 is 1.78 bits per heavy atom. The Bertz CT molecular complexity index is 910. The van der Waals surface area contributed by atoms with Crippen LogP contribution in [0.3, 0.4) is 0 Å². The average molecular weight is 364 g/mol. The van der Waals surface area contributed by atoms with Crippen molar-refractivity contribution in [3.05, 3.63) is 70.1 Å². The number of carbonyl (C=O) groups excluding carboxylic acids is 1. The van der Waals surface area contributed by atoms with Crippen molar-refractivity contribution in [1.82, 2.24) is 20.3 Å². The van der Waals surface area contributed by atoms with Crippen molar-refractivity contribution in [2.75, 3.05) is 13.1 Å². The minimum Gasteiger partial charge on any atom is -0.340 e. The van der Waals surface area contributed by atoms with E-state index >= 15 is 0 Å². The Kier molecular flexibility index (Phi) is 4.10. The fourth-order valence-corrected chi connectivity index (χ4v) is 4.92. The van der Waals surface area contributed by atoms with E-state index in [-0.39, 0.29) is 29.5 Å². The van der Waals surface area contributed by atoms with E-state index in [2.05, 4.69) is 23.0 Å². The molecule has 2 N–H and O–H groups in total. The van der Waals surface area contributed by atoms with E-state index in [9.17, 15) is 9.59 Å². The zero-order chi connectivity index (χ0) is 18.4. The Morgan fingerprint density at radius 3 is 2.63 bits per heavy atom. The molecular weight excluding hydrogens is 340 g/mol. The van der Waals surface area contributed by atoms with Crippen molar-refractivity contribution < 1.29 is 4.79 Å². The second-order valence-corrected chi connectivity index (χ2v) is 7.98. The van der Waals surface area contributed by atoms with Gasteiger partial charge in [-0.05, 0) is 30.4 Å². The summed E-state index contributed by atoms with van der Waals surface area (Å²) in [5.74, 6) is 0.788. The van der Waals surface area contributed by atoms with Gasteiger partial charge in [-0.1, -0.05) is 36.4 Å². The highest BCUT2D eigenvalue weighted by Crippen LogP contribution is 2.35. The SMILES string of the molecule is O=C(C1CC(c2ccccc2)NN1)N1C[C@H]2C[C@@H](C1)c1cccc(=O)n1C2. The largest absolute Gasteiger partial charge is 0.340 e. The summed E-state index contributed by atoms with van der Waals surface area (Å²) in [6, 6.07) is 15.7. The van der Waals surface area contributed by atoms with Gasteiger partial charge in [0.2, 0.25) is 5.91 Å². The van der Waals surface area contributed by atoms with Crippen molar-refractivity contribution in [2.45, 2.75) is 37.4 Å². The summed E-state index contributed by atoms with van der Waals surface area (Å²) in [6.07, 6.45) is 1.82. The van der Waals surface area contributed by atoms with Crippen LogP contribution in [-0.4, -0.2) is 34.5 Å². The third kappa shape index (κ3) is 2.99. The molecule has 2 bridgehead atoms. The van der Waals surface area contributed by atoms with Gasteiger partial charge in [0.05, 0.1) is 0 Å². The monoisotopic (exact) mass is 364 g/mol. The van der Waals surface area contributed by atoms with Crippen molar-refractivity contribution >= 4 is 5.91 Å². The molecule has 4 heterocycles. The number of nitrogens with one attached hydrogen (secondary N) is 2. The predicted octanol–water partition coefficient (Wildman–Crippen LogP) is 1.40. The van der Waals surface area contributed by atoms with Gasteiger partial charge < -0.3 is 9.47 Å². The molecule has 1 aromatic carbocycles. The Morgan fingerprint density at radius 1 is 0.926 bits per heavy atom. The van der Waals surface area contributed by atoms with E-state index in [1.54, 1.807) is 6.07 Å². The van der Waals surface area contributed by atoms with Crippen LogP contribution in [0.1, 0.15) is 36.1 Å². The zero-order valence-corrected chi connectivity index (χ0v) is 15.2. The van der Waals surface area contributed by atoms with Crippen LogP contribution in [0.25, 0.3) is 0 Å². The van der Waals surface area contributed by atoms with Crippen molar-refractivity contribution in [3.63, 3.8) is 0 Å². The molecular formula is C21H24N4O2. The summed E-state index contributed by atoms with van der Waals surface area (Å²) in [5, 5.41) is 0. The molecule has 3 aliphatic rings. The average Bonchev–Trinajstić information content (AvgIpc) is 3.19. The molecule has 1 amide bonds. The lowest BCUT2D eigenvalue weighted by molar-refractivity contribution is -0.136. The highest BCUT2D eigenvalue weighted by molar-refractivity contribution is 5.82. The second kappa shape index (κ2) is 6.62. The summed E-state index contributed by atoms with van der Waals surface area (Å²) < 4.78 is 1.90. The molecule has 2 saturated heterocycles. The fraction of sp³-hybridized carbons (Fsp3) is 0.429. The Balaban J connectivity index is 1.31. The summed E-state index contributed by atoms with van der Waals surface area (Å²) >= 11 is 0. The smallest absolute Gasteiger partial charge is 0.250 e. The molecule has 1 aromatic heterocycles. The number of aromatic nitrogens is 1. The number of rotatable bonds is 2. The number of fused-ring (bicyclic) bond motifs is 4. The van der Waals surface area contributed by atoms with Gasteiger partial charge in [-0.3, -0.25) is 9.59 Å². The van der Waals surface area contributed by atoms with Crippen LogP contribution >= 0.6 is 0 Å². The minimum absolute atomic E-state index is 0.0781. The van der Waals surface area contributed by atoms with E-state index in [0.29, 0.717) is 12.5 Å². The Hall–Kier alpha value is -2.44. The topological polar surface area (TPSA) is 66.4 Å². The van der Waals surface area contributed by atoms with Crippen LogP contribution in [0, 0.1) is 5.92 Å². The van der Waals surface area contributed by atoms with Crippen LogP contribution < -0.4 is 16.4 Å². The van der Waals surface area contributed by atoms with Gasteiger partial charge in [0.15, 0.2) is 0 Å². The van der Waals surface area contributed by atoms with Crippen molar-refractivity contribution in [3.8, 4) is 0 Å². The standard InChI is InChI=1S/C21H24N4O2/c26-20-8-4-7-19-16-9-14(12-25(19)20)11-24(13-16)21(27)18-10-17(22-23-18)15-5-2-1-3-6-15/h1-8,14,16-18,22-23H,9-13H2/t14-,16+,17?,18?/m1/s1. The van der Waals surface area contributed by atoms with Gasteiger partial charge in [0.25, 0.3) is 5.56 Å². The number of hydrazine groups is 1. The fourth-order valence-electron chi connectivity index (χ4n) is 4.92. The summed E-state index contributed by atoms with van der Waals surface area (Å²) in [5.41, 5.74) is 8.83. The number of piperidine rings is 1. The molecule has 0 aliphatic carbocycles. The first kappa shape index (κ1) is 16.7. The van der Waals surface area contributed by atoms with Gasteiger partial charge in [-0.25, -0.2) is 10.9 Å². The normalized spacial score (nSPS) is 29.4. The molecule has 6 nitrogen and oxygen atoms in total. The number of likely N-dealkylation sites (tertiary alicyclic amines) is 1. The molecule has 6 heteroatoms. The van der Waals surface area contributed by atoms with E-state index in [0.717, 1.165) is 31.6 Å². The number of amides is 1. The number of nitrogens with zero attached hydrogens (tertiary/aromatic N) is 2. The lowest BCUT2D eigenvalue weighted by Crippen LogP contribution is -2.53. The molecule has 140 valence electrons. The van der Waals surface area contributed by atoms with Gasteiger partial charge in [-0.2, -0.15) is 0 Å². The predicted molar refractivity (Wildman–Crippen MR) is 102 cm³/mol. The molecule has 27 heavy (non-hydrogen) atoms. The minimum atomic E-state index is -0.202. The quantitative estimate of drug-likeness (QED) is 0.846. The Labute approximate surface area is 158 Å². The van der Waals surface area contributed by atoms with Crippen LogP contribution in [-0.2, 0) is 11.3 Å². The van der Waals surface area contributed by atoms with E-state index in [1.807, 2.05) is 39.8 Å². The molecule has 5 rings (SSSR count). The zero-order valence-electron chi connectivity index (χ0n) is 15.2. The first-order valence-electron chi connectivity index (χ1n) is 9.73. The molecule has 2 fully saturated rings. The van der Waals surface area contributed by atoms with Gasteiger partial charge in [-0.15, -0.1) is 0 Å². The van der Waals surface area contributed by atoms with E-state index < -0.39 is 0 Å². The van der Waals surface area contributed by atoms with Crippen LogP contribution in [0.15, 0.2) is 53.3 Å². The van der Waals surface area contributed by atoms with Crippen molar-refractivity contribution in [1.29, 1.82) is 0 Å². The highest BCUT2D eigenvalue weighted by Gasteiger charge is 2.39. The third-order valence-electron chi connectivity index (χ3n) is 6.19. The molecule has 4 atom stereocenters. The van der Waals surface area contributed by atoms with Gasteiger partial charge in [0, 0.05) is 43.4 Å². The first-order valence-corrected chi connectivity index (χ1v) is 9.73. The van der Waals surface area contributed by atoms with Crippen molar-refractivity contribution in [2.24, 2.45) is 5.92 Å². The summed E-state index contributed by atoms with van der Waals surface area (Å²) in [7, 11) is 0.